The molecule has 0 N–H and O–H groups in total. The van der Waals surface area contributed by atoms with Crippen molar-refractivity contribution in [2.45, 2.75) is 142 Å². The van der Waals surface area contributed by atoms with E-state index in [0.29, 0.717) is 19.8 Å². The van der Waals surface area contributed by atoms with Gasteiger partial charge in [-0.2, -0.15) is 0 Å². The molecule has 0 saturated carbocycles. The topological polar surface area (TPSA) is 80.3 Å². The lowest BCUT2D eigenvalue weighted by Crippen LogP contribution is -2.61. The Kier molecular flexibility index (Phi) is 23.7. The van der Waals surface area contributed by atoms with Crippen LogP contribution in [0.15, 0.2) is 12.7 Å². The van der Waals surface area contributed by atoms with Gasteiger partial charge in [0.25, 0.3) is 0 Å². The molecule has 0 aliphatic heterocycles. The minimum Gasteiger partial charge on any atom is -0.319 e. The summed E-state index contributed by atoms with van der Waals surface area (Å²) in [5.41, 5.74) is -2.71. The first-order valence-electron chi connectivity index (χ1n) is 15.3. The van der Waals surface area contributed by atoms with Gasteiger partial charge in [-0.3, -0.25) is 0 Å². The smallest absolute Gasteiger partial charge is 0.319 e. The van der Waals surface area contributed by atoms with Gasteiger partial charge in [-0.1, -0.05) is 110 Å². The van der Waals surface area contributed by atoms with Crippen LogP contribution in [-0.4, -0.2) is 50.1 Å². The molecule has 1 atom stereocenters. The van der Waals surface area contributed by atoms with Crippen LogP contribution in [-0.2, 0) is 33.0 Å². The van der Waals surface area contributed by atoms with Gasteiger partial charge in [0.1, 0.15) is 0 Å². The Bertz CT molecular complexity index is 568. The molecule has 0 aliphatic rings. The third-order valence-corrected chi connectivity index (χ3v) is 7.89. The zero-order chi connectivity index (χ0) is 28.5. The Balaban J connectivity index is 6.70. The molecule has 224 valence electrons. The number of hydrogen-bond donors (Lipinski definition) is 0. The monoisotopic (exact) mass is 561 g/mol. The van der Waals surface area contributed by atoms with Crippen molar-refractivity contribution in [2.24, 2.45) is 0 Å². The zero-order valence-corrected chi connectivity index (χ0v) is 26.1. The third kappa shape index (κ3) is 13.6. The maximum absolute atomic E-state index is 14.1. The predicted molar refractivity (Wildman–Crippen MR) is 156 cm³/mol. The van der Waals surface area contributed by atoms with Gasteiger partial charge in [0, 0.05) is 6.08 Å². The molecule has 7 nitrogen and oxygen atoms in total. The Labute approximate surface area is 234 Å². The van der Waals surface area contributed by atoms with Crippen LogP contribution in [0.3, 0.4) is 0 Å². The molecule has 0 aromatic heterocycles. The van der Waals surface area contributed by atoms with Crippen molar-refractivity contribution in [3.05, 3.63) is 12.7 Å². The molecule has 0 amide bonds. The molecule has 0 spiro atoms. The van der Waals surface area contributed by atoms with E-state index in [-0.39, 0.29) is 13.2 Å². The SMILES string of the molecule is C=CC(=O)[P+](=O)C(OCCCCC)(OCCCCC)C(OCCCCC)(OCCCCC)OCCCCC. The summed E-state index contributed by atoms with van der Waals surface area (Å²) in [7, 11) is -2.82. The van der Waals surface area contributed by atoms with Crippen LogP contribution in [0.5, 0.6) is 0 Å². The summed E-state index contributed by atoms with van der Waals surface area (Å²) in [6, 6.07) is 0. The molecule has 0 aliphatic carbocycles. The molecule has 0 radical (unpaired) electrons. The van der Waals surface area contributed by atoms with Crippen molar-refractivity contribution in [1.82, 2.24) is 0 Å². The van der Waals surface area contributed by atoms with Crippen molar-refractivity contribution in [1.29, 1.82) is 0 Å². The minimum atomic E-state index is -2.82. The number of unbranched alkanes of at least 4 members (excludes halogenated alkanes) is 10. The third-order valence-electron chi connectivity index (χ3n) is 6.24. The summed E-state index contributed by atoms with van der Waals surface area (Å²) in [6.45, 7) is 15.5. The van der Waals surface area contributed by atoms with E-state index in [1.54, 1.807) is 0 Å². The molecule has 0 fully saturated rings. The van der Waals surface area contributed by atoms with E-state index in [4.69, 9.17) is 23.7 Å². The van der Waals surface area contributed by atoms with E-state index in [0.717, 1.165) is 102 Å². The second-order valence-corrected chi connectivity index (χ2v) is 11.4. The second kappa shape index (κ2) is 24.1. The Morgan fingerprint density at radius 1 is 0.579 bits per heavy atom. The van der Waals surface area contributed by atoms with Crippen molar-refractivity contribution < 1.29 is 33.0 Å². The van der Waals surface area contributed by atoms with Crippen LogP contribution in [0, 0.1) is 0 Å². The highest BCUT2D eigenvalue weighted by Gasteiger charge is 2.75. The molecule has 0 aromatic rings. The fourth-order valence-electron chi connectivity index (χ4n) is 3.89. The van der Waals surface area contributed by atoms with Crippen molar-refractivity contribution >= 4 is 13.3 Å². The van der Waals surface area contributed by atoms with E-state index in [9.17, 15) is 9.36 Å². The maximum Gasteiger partial charge on any atom is 0.495 e. The normalized spacial score (nSPS) is 12.6. The highest BCUT2D eigenvalue weighted by molar-refractivity contribution is 7.65. The van der Waals surface area contributed by atoms with Crippen LogP contribution < -0.4 is 0 Å². The van der Waals surface area contributed by atoms with E-state index >= 15 is 0 Å². The highest BCUT2D eigenvalue weighted by Crippen LogP contribution is 2.52. The van der Waals surface area contributed by atoms with Crippen molar-refractivity contribution in [3.8, 4) is 0 Å². The standard InChI is InChI=1S/C30H58O7P/c1-7-13-18-23-33-29(34-24-19-14-8-2,35-25-20-15-9-3)30(36-26-21-16-10-4,37-27-22-17-11-5)38(32)28(31)12-6/h12H,6-11,13-27H2,1-5H3/q+1. The van der Waals surface area contributed by atoms with Crippen LogP contribution in [0.4, 0.5) is 0 Å². The fraction of sp³-hybridized carbons (Fsp3) is 0.900. The number of carbonyl (C=O) groups excluding carboxylic acids is 1. The van der Waals surface area contributed by atoms with Crippen LogP contribution in [0.25, 0.3) is 0 Å². The first kappa shape index (κ1) is 37.3. The average Bonchev–Trinajstić information content (AvgIpc) is 2.93. The fourth-order valence-corrected chi connectivity index (χ4v) is 5.20. The van der Waals surface area contributed by atoms with E-state index in [2.05, 4.69) is 41.2 Å². The van der Waals surface area contributed by atoms with Crippen LogP contribution >= 0.6 is 7.80 Å². The summed E-state index contributed by atoms with van der Waals surface area (Å²) in [5, 5.41) is 0. The van der Waals surface area contributed by atoms with Gasteiger partial charge >= 0.3 is 24.8 Å². The number of hydrogen-bond acceptors (Lipinski definition) is 7. The van der Waals surface area contributed by atoms with E-state index in [1.807, 2.05) is 0 Å². The van der Waals surface area contributed by atoms with Crippen molar-refractivity contribution in [3.63, 3.8) is 0 Å². The Morgan fingerprint density at radius 2 is 0.868 bits per heavy atom. The molecular formula is C30H58O7P+. The minimum absolute atomic E-state index is 0.240. The zero-order valence-electron chi connectivity index (χ0n) is 25.2. The lowest BCUT2D eigenvalue weighted by molar-refractivity contribution is -0.472. The van der Waals surface area contributed by atoms with Crippen molar-refractivity contribution in [2.75, 3.05) is 33.0 Å². The van der Waals surface area contributed by atoms with Gasteiger partial charge in [-0.25, -0.2) is 4.79 Å². The summed E-state index contributed by atoms with van der Waals surface area (Å²) in [5.74, 6) is -1.94. The second-order valence-electron chi connectivity index (χ2n) is 9.75. The number of carbonyl (C=O) groups is 1. The molecule has 1 unspecified atom stereocenters. The van der Waals surface area contributed by atoms with Crippen LogP contribution in [0.1, 0.15) is 131 Å². The first-order chi connectivity index (χ1) is 18.4. The predicted octanol–water partition coefficient (Wildman–Crippen LogP) is 8.87. The largest absolute Gasteiger partial charge is 0.495 e. The Hall–Kier alpha value is -0.690. The quantitative estimate of drug-likeness (QED) is 0.0390. The summed E-state index contributed by atoms with van der Waals surface area (Å²) >= 11 is 0. The van der Waals surface area contributed by atoms with E-state index < -0.39 is 24.8 Å². The molecular weight excluding hydrogens is 503 g/mol. The number of rotatable bonds is 29. The molecule has 0 rings (SSSR count). The summed E-state index contributed by atoms with van der Waals surface area (Å²) < 4.78 is 46.1. The van der Waals surface area contributed by atoms with Gasteiger partial charge in [0.15, 0.2) is 0 Å². The summed E-state index contributed by atoms with van der Waals surface area (Å²) in [4.78, 5) is 13.0. The van der Waals surface area contributed by atoms with Gasteiger partial charge in [0.05, 0.1) is 33.0 Å². The molecule has 0 saturated heterocycles. The first-order valence-corrected chi connectivity index (χ1v) is 16.5. The lowest BCUT2D eigenvalue weighted by atomic mass is 10.2. The molecule has 38 heavy (non-hydrogen) atoms. The van der Waals surface area contributed by atoms with Gasteiger partial charge in [0.2, 0.25) is 0 Å². The number of allylic oxidation sites excluding steroid dienone is 1. The molecule has 0 aromatic carbocycles. The average molecular weight is 562 g/mol. The molecule has 8 heteroatoms. The maximum atomic E-state index is 14.1. The molecule has 0 bridgehead atoms. The lowest BCUT2D eigenvalue weighted by Gasteiger charge is -2.40. The van der Waals surface area contributed by atoms with E-state index in [1.165, 1.54) is 0 Å². The Morgan fingerprint density at radius 3 is 1.13 bits per heavy atom. The van der Waals surface area contributed by atoms with Gasteiger partial charge < -0.3 is 23.7 Å². The highest BCUT2D eigenvalue weighted by atomic mass is 31.1. The van der Waals surface area contributed by atoms with Gasteiger partial charge in [-0.15, -0.1) is 0 Å². The summed E-state index contributed by atoms with van der Waals surface area (Å²) in [6.07, 6.45) is 14.6. The van der Waals surface area contributed by atoms with Gasteiger partial charge in [-0.05, 0) is 32.1 Å². The van der Waals surface area contributed by atoms with Crippen LogP contribution in [0.2, 0.25) is 0 Å². The number of ether oxygens (including phenoxy) is 5. The molecule has 0 heterocycles.